The predicted molar refractivity (Wildman–Crippen MR) is 84.8 cm³/mol. The van der Waals surface area contributed by atoms with E-state index < -0.39 is 0 Å². The molecule has 2 unspecified atom stereocenters. The summed E-state index contributed by atoms with van der Waals surface area (Å²) in [6, 6.07) is 7.63. The number of rotatable bonds is 5. The van der Waals surface area contributed by atoms with Crippen molar-refractivity contribution in [2.45, 2.75) is 51.6 Å². The molecule has 0 aromatic heterocycles. The molecule has 0 spiro atoms. The fraction of sp³-hybridized carbons (Fsp3) is 0.588. The number of aryl methyl sites for hydroxylation is 1. The lowest BCUT2D eigenvalue weighted by molar-refractivity contribution is -0.122. The van der Waals surface area contributed by atoms with Crippen LogP contribution < -0.4 is 11.1 Å². The van der Waals surface area contributed by atoms with Gasteiger partial charge in [-0.15, -0.1) is 0 Å². The Morgan fingerprint density at radius 1 is 1.43 bits per heavy atom. The number of carbonyl (C=O) groups excluding carboxylic acids is 1. The van der Waals surface area contributed by atoms with Gasteiger partial charge in [-0.1, -0.05) is 38.0 Å². The number of aliphatic hydroxyl groups excluding tert-OH is 1. The predicted octanol–water partition coefficient (Wildman–Crippen LogP) is 2.26. The minimum Gasteiger partial charge on any atom is -0.399 e. The summed E-state index contributed by atoms with van der Waals surface area (Å²) in [5.41, 5.74) is 7.44. The Bertz CT molecular complexity index is 489. The average molecular weight is 290 g/mol. The summed E-state index contributed by atoms with van der Waals surface area (Å²) in [4.78, 5) is 12.0. The van der Waals surface area contributed by atoms with Crippen molar-refractivity contribution in [3.05, 3.63) is 29.8 Å². The lowest BCUT2D eigenvalue weighted by Gasteiger charge is -2.38. The summed E-state index contributed by atoms with van der Waals surface area (Å²) in [5.74, 6) is 0.0252. The van der Waals surface area contributed by atoms with Gasteiger partial charge in [0.15, 0.2) is 0 Å². The molecule has 0 saturated heterocycles. The van der Waals surface area contributed by atoms with E-state index in [2.05, 4.69) is 12.2 Å². The molecule has 0 heterocycles. The Kier molecular flexibility index (Phi) is 5.23. The molecular weight excluding hydrogens is 264 g/mol. The van der Waals surface area contributed by atoms with Gasteiger partial charge in [0.2, 0.25) is 5.91 Å². The molecule has 1 saturated carbocycles. The number of hydrogen-bond donors (Lipinski definition) is 3. The molecule has 0 aliphatic heterocycles. The molecule has 21 heavy (non-hydrogen) atoms. The molecule has 1 fully saturated rings. The Morgan fingerprint density at radius 2 is 2.19 bits per heavy atom. The highest BCUT2D eigenvalue weighted by Crippen LogP contribution is 2.35. The molecule has 2 atom stereocenters. The number of hydrogen-bond acceptors (Lipinski definition) is 3. The molecule has 4 nitrogen and oxygen atoms in total. The molecule has 1 aliphatic carbocycles. The highest BCUT2D eigenvalue weighted by molar-refractivity contribution is 5.76. The first kappa shape index (κ1) is 15.8. The minimum atomic E-state index is -0.309. The van der Waals surface area contributed by atoms with E-state index in [-0.39, 0.29) is 17.4 Å². The second kappa shape index (κ2) is 6.94. The number of amides is 1. The SMILES string of the molecule is CC1(CNC(=O)CCc2ccccc2N)CCCCC1O. The van der Waals surface area contributed by atoms with Crippen LogP contribution in [0, 0.1) is 5.41 Å². The van der Waals surface area contributed by atoms with E-state index in [1.165, 1.54) is 0 Å². The van der Waals surface area contributed by atoms with Gasteiger partial charge >= 0.3 is 0 Å². The van der Waals surface area contributed by atoms with Crippen LogP contribution in [0.5, 0.6) is 0 Å². The number of aliphatic hydroxyl groups is 1. The molecule has 116 valence electrons. The third-order valence-electron chi connectivity index (χ3n) is 4.65. The molecule has 1 aliphatic rings. The summed E-state index contributed by atoms with van der Waals surface area (Å²) in [6.07, 6.45) is 4.80. The van der Waals surface area contributed by atoms with E-state index in [1.54, 1.807) is 0 Å². The van der Waals surface area contributed by atoms with Crippen LogP contribution >= 0.6 is 0 Å². The highest BCUT2D eigenvalue weighted by Gasteiger charge is 2.35. The molecule has 1 aromatic carbocycles. The zero-order valence-corrected chi connectivity index (χ0v) is 12.8. The number of nitrogen functional groups attached to an aromatic ring is 1. The molecule has 0 bridgehead atoms. The van der Waals surface area contributed by atoms with E-state index in [0.29, 0.717) is 19.4 Å². The monoisotopic (exact) mass is 290 g/mol. The summed E-state index contributed by atoms with van der Waals surface area (Å²) < 4.78 is 0. The maximum absolute atomic E-state index is 12.0. The quantitative estimate of drug-likeness (QED) is 0.728. The van der Waals surface area contributed by atoms with Crippen molar-refractivity contribution in [2.75, 3.05) is 12.3 Å². The zero-order valence-electron chi connectivity index (χ0n) is 12.8. The van der Waals surface area contributed by atoms with Gasteiger partial charge in [0, 0.05) is 24.1 Å². The fourth-order valence-electron chi connectivity index (χ4n) is 2.99. The van der Waals surface area contributed by atoms with Crippen molar-refractivity contribution in [1.82, 2.24) is 5.32 Å². The number of benzene rings is 1. The third kappa shape index (κ3) is 4.21. The molecule has 2 rings (SSSR count). The fourth-order valence-corrected chi connectivity index (χ4v) is 2.99. The zero-order chi connectivity index (χ0) is 15.3. The molecular formula is C17H26N2O2. The smallest absolute Gasteiger partial charge is 0.220 e. The third-order valence-corrected chi connectivity index (χ3v) is 4.65. The van der Waals surface area contributed by atoms with Gasteiger partial charge in [0.1, 0.15) is 0 Å². The first-order chi connectivity index (χ1) is 10.0. The van der Waals surface area contributed by atoms with E-state index in [9.17, 15) is 9.90 Å². The largest absolute Gasteiger partial charge is 0.399 e. The Morgan fingerprint density at radius 3 is 2.90 bits per heavy atom. The van der Waals surface area contributed by atoms with Gasteiger partial charge in [0.05, 0.1) is 6.10 Å². The van der Waals surface area contributed by atoms with Gasteiger partial charge in [-0.2, -0.15) is 0 Å². The molecule has 4 heteroatoms. The van der Waals surface area contributed by atoms with Gasteiger partial charge in [-0.3, -0.25) is 4.79 Å². The van der Waals surface area contributed by atoms with Crippen molar-refractivity contribution in [2.24, 2.45) is 5.41 Å². The first-order valence-electron chi connectivity index (χ1n) is 7.79. The van der Waals surface area contributed by atoms with Crippen molar-refractivity contribution >= 4 is 11.6 Å². The van der Waals surface area contributed by atoms with Crippen LogP contribution in [0.2, 0.25) is 0 Å². The van der Waals surface area contributed by atoms with E-state index in [0.717, 1.165) is 36.9 Å². The molecule has 4 N–H and O–H groups in total. The second-order valence-corrected chi connectivity index (χ2v) is 6.39. The lowest BCUT2D eigenvalue weighted by Crippen LogP contribution is -2.45. The molecule has 0 radical (unpaired) electrons. The van der Waals surface area contributed by atoms with Gasteiger partial charge in [-0.05, 0) is 30.9 Å². The summed E-state index contributed by atoms with van der Waals surface area (Å²) in [5, 5.41) is 13.1. The highest BCUT2D eigenvalue weighted by atomic mass is 16.3. The van der Waals surface area contributed by atoms with Crippen LogP contribution in [0.3, 0.4) is 0 Å². The standard InChI is InChI=1S/C17H26N2O2/c1-17(11-5-4-8-15(17)20)12-19-16(21)10-9-13-6-2-3-7-14(13)18/h2-3,6-7,15,20H,4-5,8-12,18H2,1H3,(H,19,21). The normalized spacial score (nSPS) is 25.5. The number of para-hydroxylation sites is 1. The second-order valence-electron chi connectivity index (χ2n) is 6.39. The van der Waals surface area contributed by atoms with Crippen LogP contribution in [-0.4, -0.2) is 23.7 Å². The van der Waals surface area contributed by atoms with Crippen LogP contribution in [0.25, 0.3) is 0 Å². The number of nitrogens with two attached hydrogens (primary N) is 1. The average Bonchev–Trinajstić information content (AvgIpc) is 2.48. The van der Waals surface area contributed by atoms with Crippen LogP contribution in [0.4, 0.5) is 5.69 Å². The van der Waals surface area contributed by atoms with Crippen molar-refractivity contribution in [3.63, 3.8) is 0 Å². The number of nitrogens with one attached hydrogen (secondary N) is 1. The van der Waals surface area contributed by atoms with E-state index >= 15 is 0 Å². The Balaban J connectivity index is 1.78. The topological polar surface area (TPSA) is 75.4 Å². The maximum Gasteiger partial charge on any atom is 0.220 e. The van der Waals surface area contributed by atoms with E-state index in [4.69, 9.17) is 5.73 Å². The van der Waals surface area contributed by atoms with Gasteiger partial charge < -0.3 is 16.2 Å². The summed E-state index contributed by atoms with van der Waals surface area (Å²) in [6.45, 7) is 2.61. The van der Waals surface area contributed by atoms with Crippen molar-refractivity contribution in [3.8, 4) is 0 Å². The van der Waals surface area contributed by atoms with Crippen LogP contribution in [0.1, 0.15) is 44.6 Å². The van der Waals surface area contributed by atoms with Crippen LogP contribution in [-0.2, 0) is 11.2 Å². The lowest BCUT2D eigenvalue weighted by atomic mass is 9.73. The Labute approximate surface area is 126 Å². The maximum atomic E-state index is 12.0. The Hall–Kier alpha value is -1.55. The molecule has 1 amide bonds. The van der Waals surface area contributed by atoms with Gasteiger partial charge in [0.25, 0.3) is 0 Å². The summed E-state index contributed by atoms with van der Waals surface area (Å²) >= 11 is 0. The van der Waals surface area contributed by atoms with Gasteiger partial charge in [-0.25, -0.2) is 0 Å². The van der Waals surface area contributed by atoms with E-state index in [1.807, 2.05) is 24.3 Å². The first-order valence-corrected chi connectivity index (χ1v) is 7.79. The minimum absolute atomic E-state index is 0.0252. The number of carbonyl (C=O) groups is 1. The van der Waals surface area contributed by atoms with Crippen molar-refractivity contribution < 1.29 is 9.90 Å². The molecule has 1 aromatic rings. The van der Waals surface area contributed by atoms with Crippen LogP contribution in [0.15, 0.2) is 24.3 Å². The van der Waals surface area contributed by atoms with Crippen molar-refractivity contribution in [1.29, 1.82) is 0 Å². The summed E-state index contributed by atoms with van der Waals surface area (Å²) in [7, 11) is 0. The number of anilines is 1.